The van der Waals surface area contributed by atoms with E-state index in [-0.39, 0.29) is 33.8 Å². The Morgan fingerprint density at radius 3 is 2.36 bits per heavy atom. The molecule has 1 aliphatic heterocycles. The van der Waals surface area contributed by atoms with Gasteiger partial charge in [-0.25, -0.2) is 4.79 Å². The number of carbonyl (C=O) groups excluding carboxylic acids is 1. The van der Waals surface area contributed by atoms with E-state index in [4.69, 9.17) is 18.6 Å². The Morgan fingerprint density at radius 1 is 0.972 bits per heavy atom. The normalized spacial score (nSPS) is 23.8. The van der Waals surface area contributed by atoms with Gasteiger partial charge in [0.1, 0.15) is 40.4 Å². The summed E-state index contributed by atoms with van der Waals surface area (Å²) in [5, 5.41) is 59.8. The molecule has 1 aliphatic rings. The van der Waals surface area contributed by atoms with Gasteiger partial charge in [0.15, 0.2) is 29.1 Å². The third kappa shape index (κ3) is 4.62. The van der Waals surface area contributed by atoms with Gasteiger partial charge in [0, 0.05) is 30.7 Å². The molecule has 0 amide bonds. The van der Waals surface area contributed by atoms with Crippen LogP contribution in [0, 0.1) is 0 Å². The molecule has 0 aliphatic carbocycles. The predicted octanol–water partition coefficient (Wildman–Crippen LogP) is 0.419. The molecule has 0 saturated carbocycles. The smallest absolute Gasteiger partial charge is 0.337 e. The Balaban J connectivity index is 1.67. The zero-order valence-corrected chi connectivity index (χ0v) is 18.4. The van der Waals surface area contributed by atoms with Gasteiger partial charge in [-0.15, -0.1) is 0 Å². The van der Waals surface area contributed by atoms with Crippen LogP contribution in [0.15, 0.2) is 45.6 Å². The van der Waals surface area contributed by atoms with E-state index in [0.717, 1.165) is 31.2 Å². The molecular weight excluding hydrogens is 484 g/mol. The first-order valence-electron chi connectivity index (χ1n) is 10.4. The van der Waals surface area contributed by atoms with Gasteiger partial charge >= 0.3 is 11.9 Å². The molecule has 13 nitrogen and oxygen atoms in total. The van der Waals surface area contributed by atoms with Gasteiger partial charge in [-0.1, -0.05) is 0 Å². The fourth-order valence-electron chi connectivity index (χ4n) is 3.74. The predicted molar refractivity (Wildman–Crippen MR) is 117 cm³/mol. The minimum atomic E-state index is -1.90. The summed E-state index contributed by atoms with van der Waals surface area (Å²) in [6.07, 6.45) is -9.24. The van der Waals surface area contributed by atoms with Crippen molar-refractivity contribution in [2.75, 3.05) is 0 Å². The number of hydrogen-bond donors (Lipinski definition) is 6. The lowest BCUT2D eigenvalue weighted by atomic mass is 9.98. The topological polar surface area (TPSA) is 213 Å². The van der Waals surface area contributed by atoms with Crippen LogP contribution in [0.3, 0.4) is 0 Å². The summed E-state index contributed by atoms with van der Waals surface area (Å²) in [5.41, 5.74) is -0.585. The fraction of sp³-hybridized carbons (Fsp3) is 0.261. The lowest BCUT2D eigenvalue weighted by Gasteiger charge is -2.40. The number of phenols is 3. The van der Waals surface area contributed by atoms with Crippen molar-refractivity contribution in [3.05, 3.63) is 46.6 Å². The number of fused-ring (bicyclic) bond motifs is 1. The third-order valence-corrected chi connectivity index (χ3v) is 5.37. The number of aromatic hydroxyl groups is 3. The van der Waals surface area contributed by atoms with Crippen molar-refractivity contribution in [2.45, 2.75) is 37.6 Å². The highest BCUT2D eigenvalue weighted by molar-refractivity contribution is 5.86. The Bertz CT molecular complexity index is 1390. The van der Waals surface area contributed by atoms with Crippen molar-refractivity contribution in [3.63, 3.8) is 0 Å². The Kier molecular flexibility index (Phi) is 6.45. The van der Waals surface area contributed by atoms with Crippen molar-refractivity contribution in [1.29, 1.82) is 0 Å². The van der Waals surface area contributed by atoms with Crippen molar-refractivity contribution in [2.24, 2.45) is 0 Å². The molecule has 0 spiro atoms. The van der Waals surface area contributed by atoms with Crippen LogP contribution in [0.1, 0.15) is 6.92 Å². The van der Waals surface area contributed by atoms with E-state index in [1.54, 1.807) is 0 Å². The van der Waals surface area contributed by atoms with Crippen LogP contribution in [0.25, 0.3) is 22.3 Å². The largest absolute Gasteiger partial charge is 0.508 e. The van der Waals surface area contributed by atoms with Gasteiger partial charge in [-0.05, 0) is 18.2 Å². The molecule has 0 radical (unpaired) electrons. The summed E-state index contributed by atoms with van der Waals surface area (Å²) in [4.78, 5) is 35.4. The molecule has 5 unspecified atom stereocenters. The minimum Gasteiger partial charge on any atom is -0.508 e. The molecule has 6 N–H and O–H groups in total. The van der Waals surface area contributed by atoms with E-state index < -0.39 is 59.6 Å². The molecule has 4 rings (SSSR count). The van der Waals surface area contributed by atoms with Crippen molar-refractivity contribution < 1.29 is 58.9 Å². The molecule has 13 heteroatoms. The number of hydrogen-bond acceptors (Lipinski definition) is 12. The average molecular weight is 504 g/mol. The summed E-state index contributed by atoms with van der Waals surface area (Å²) in [5.74, 6) is -4.23. The van der Waals surface area contributed by atoms with Crippen LogP contribution in [-0.2, 0) is 19.1 Å². The molecule has 5 atom stereocenters. The van der Waals surface area contributed by atoms with Crippen LogP contribution in [0.5, 0.6) is 23.0 Å². The highest BCUT2D eigenvalue weighted by Crippen LogP contribution is 2.36. The zero-order valence-electron chi connectivity index (χ0n) is 18.4. The monoisotopic (exact) mass is 504 g/mol. The summed E-state index contributed by atoms with van der Waals surface area (Å²) < 4.78 is 21.0. The van der Waals surface area contributed by atoms with E-state index in [0.29, 0.717) is 0 Å². The highest BCUT2D eigenvalue weighted by atomic mass is 16.7. The van der Waals surface area contributed by atoms with Crippen LogP contribution in [-0.4, -0.2) is 73.3 Å². The first-order valence-corrected chi connectivity index (χ1v) is 10.4. The lowest BCUT2D eigenvalue weighted by molar-refractivity contribution is -0.274. The van der Waals surface area contributed by atoms with Gasteiger partial charge in [0.2, 0.25) is 6.29 Å². The number of esters is 1. The van der Waals surface area contributed by atoms with Gasteiger partial charge < -0.3 is 49.3 Å². The molecule has 1 aromatic heterocycles. The van der Waals surface area contributed by atoms with Gasteiger partial charge in [-0.2, -0.15) is 0 Å². The van der Waals surface area contributed by atoms with Crippen molar-refractivity contribution >= 4 is 22.9 Å². The minimum absolute atomic E-state index is 0.0502. The maximum atomic E-state index is 12.5. The average Bonchev–Trinajstić information content (AvgIpc) is 2.78. The standard InChI is InChI=1S/C23H20O13/c1-8(24)33-20-18(29)19(30)23(36-21(20)22(31)32)35-15-4-9(2-3-11(15)26)14-7-13(28)17-12(27)5-10(25)6-16(17)34-14/h2-7,18-21,23,25-27,29-30H,1H3,(H,31,32). The lowest BCUT2D eigenvalue weighted by Crippen LogP contribution is -2.62. The van der Waals surface area contributed by atoms with Crippen LogP contribution < -0.4 is 10.2 Å². The number of carboxylic acid groups (broad SMARTS) is 1. The number of phenolic OH excluding ortho intramolecular Hbond substituents is 3. The number of rotatable bonds is 5. The summed E-state index contributed by atoms with van der Waals surface area (Å²) in [7, 11) is 0. The van der Waals surface area contributed by atoms with E-state index in [2.05, 4.69) is 0 Å². The van der Waals surface area contributed by atoms with Crippen LogP contribution in [0.4, 0.5) is 0 Å². The molecule has 3 aromatic rings. The molecule has 0 bridgehead atoms. The van der Waals surface area contributed by atoms with E-state index in [9.17, 15) is 45.0 Å². The quantitative estimate of drug-likeness (QED) is 0.260. The number of ether oxygens (including phenoxy) is 3. The Hall–Kier alpha value is -4.33. The second-order valence-electron chi connectivity index (χ2n) is 7.93. The van der Waals surface area contributed by atoms with Crippen LogP contribution in [0.2, 0.25) is 0 Å². The molecule has 1 fully saturated rings. The summed E-state index contributed by atoms with van der Waals surface area (Å²) in [6.45, 7) is 0.984. The molecule has 2 heterocycles. The number of aliphatic hydroxyl groups excluding tert-OH is 2. The summed E-state index contributed by atoms with van der Waals surface area (Å²) >= 11 is 0. The third-order valence-electron chi connectivity index (χ3n) is 5.37. The van der Waals surface area contributed by atoms with Gasteiger partial charge in [0.25, 0.3) is 0 Å². The summed E-state index contributed by atoms with van der Waals surface area (Å²) in [6, 6.07) is 6.83. The zero-order chi connectivity index (χ0) is 26.3. The van der Waals surface area contributed by atoms with Gasteiger partial charge in [0.05, 0.1) is 0 Å². The number of carboxylic acids is 1. The number of carbonyl (C=O) groups is 2. The number of aliphatic carboxylic acids is 1. The fourth-order valence-corrected chi connectivity index (χ4v) is 3.74. The van der Waals surface area contributed by atoms with Crippen LogP contribution >= 0.6 is 0 Å². The van der Waals surface area contributed by atoms with Crippen molar-refractivity contribution in [3.8, 4) is 34.3 Å². The molecule has 1 saturated heterocycles. The molecule has 2 aromatic carbocycles. The van der Waals surface area contributed by atoms with E-state index in [1.807, 2.05) is 0 Å². The second kappa shape index (κ2) is 9.37. The first-order chi connectivity index (χ1) is 17.0. The molecule has 190 valence electrons. The van der Waals surface area contributed by atoms with Crippen molar-refractivity contribution in [1.82, 2.24) is 0 Å². The number of benzene rings is 2. The number of aliphatic hydroxyl groups is 2. The second-order valence-corrected chi connectivity index (χ2v) is 7.93. The van der Waals surface area contributed by atoms with Gasteiger partial charge in [-0.3, -0.25) is 9.59 Å². The van der Waals surface area contributed by atoms with E-state index in [1.165, 1.54) is 12.1 Å². The molecular formula is C23H20O13. The first kappa shape index (κ1) is 24.8. The Labute approximate surface area is 200 Å². The highest BCUT2D eigenvalue weighted by Gasteiger charge is 2.51. The molecule has 36 heavy (non-hydrogen) atoms. The SMILES string of the molecule is CC(=O)OC1C(C(=O)O)OC(Oc2cc(-c3cc(=O)c4c(O)cc(O)cc4o3)ccc2O)C(O)C1O. The van der Waals surface area contributed by atoms with E-state index >= 15 is 0 Å². The maximum Gasteiger partial charge on any atom is 0.337 e. The maximum absolute atomic E-state index is 12.5. The Morgan fingerprint density at radius 2 is 1.69 bits per heavy atom.